The van der Waals surface area contributed by atoms with Crippen LogP contribution >= 0.6 is 11.6 Å². The number of halogens is 1. The maximum atomic E-state index is 12.3. The van der Waals surface area contributed by atoms with Crippen molar-refractivity contribution in [1.29, 1.82) is 0 Å². The highest BCUT2D eigenvalue weighted by Gasteiger charge is 2.09. The SMILES string of the molecule is Cc1ccccc1C(=O)Nc1ccc(NC(=O)c2cccc(Cl)c2)cc1. The molecule has 0 aliphatic heterocycles. The fraction of sp³-hybridized carbons (Fsp3) is 0.0476. The zero-order valence-electron chi connectivity index (χ0n) is 14.1. The first kappa shape index (κ1) is 17.7. The molecule has 0 saturated heterocycles. The van der Waals surface area contributed by atoms with Gasteiger partial charge < -0.3 is 10.6 Å². The predicted octanol–water partition coefficient (Wildman–Crippen LogP) is 5.15. The molecule has 26 heavy (non-hydrogen) atoms. The highest BCUT2D eigenvalue weighted by atomic mass is 35.5. The van der Waals surface area contributed by atoms with Crippen molar-refractivity contribution < 1.29 is 9.59 Å². The van der Waals surface area contributed by atoms with Gasteiger partial charge in [0.2, 0.25) is 0 Å². The van der Waals surface area contributed by atoms with Gasteiger partial charge in [0.25, 0.3) is 11.8 Å². The van der Waals surface area contributed by atoms with Crippen molar-refractivity contribution in [2.45, 2.75) is 6.92 Å². The fourth-order valence-electron chi connectivity index (χ4n) is 2.50. The van der Waals surface area contributed by atoms with Crippen LogP contribution in [0.4, 0.5) is 11.4 Å². The topological polar surface area (TPSA) is 58.2 Å². The Morgan fingerprint density at radius 1 is 0.769 bits per heavy atom. The third-order valence-electron chi connectivity index (χ3n) is 3.88. The van der Waals surface area contributed by atoms with Gasteiger partial charge in [0.1, 0.15) is 0 Å². The molecule has 0 atom stereocenters. The Labute approximate surface area is 156 Å². The molecule has 0 saturated carbocycles. The average Bonchev–Trinajstić information content (AvgIpc) is 2.63. The monoisotopic (exact) mass is 364 g/mol. The molecule has 3 aromatic rings. The van der Waals surface area contributed by atoms with Gasteiger partial charge in [-0.15, -0.1) is 0 Å². The summed E-state index contributed by atoms with van der Waals surface area (Å²) >= 11 is 5.90. The van der Waals surface area contributed by atoms with Gasteiger partial charge in [-0.2, -0.15) is 0 Å². The van der Waals surface area contributed by atoms with Crippen LogP contribution in [0.2, 0.25) is 5.02 Å². The van der Waals surface area contributed by atoms with Gasteiger partial charge in [-0.1, -0.05) is 35.9 Å². The van der Waals surface area contributed by atoms with E-state index in [4.69, 9.17) is 11.6 Å². The molecule has 0 bridgehead atoms. The zero-order chi connectivity index (χ0) is 18.5. The van der Waals surface area contributed by atoms with Gasteiger partial charge in [-0.25, -0.2) is 0 Å². The summed E-state index contributed by atoms with van der Waals surface area (Å²) in [6.45, 7) is 1.89. The molecule has 0 radical (unpaired) electrons. The molecular formula is C21H17ClN2O2. The lowest BCUT2D eigenvalue weighted by molar-refractivity contribution is 0.101. The average molecular weight is 365 g/mol. The molecule has 0 fully saturated rings. The highest BCUT2D eigenvalue weighted by molar-refractivity contribution is 6.31. The number of hydrogen-bond donors (Lipinski definition) is 2. The van der Waals surface area contributed by atoms with Crippen LogP contribution in [-0.2, 0) is 0 Å². The minimum atomic E-state index is -0.246. The number of amides is 2. The van der Waals surface area contributed by atoms with Crippen LogP contribution in [0.25, 0.3) is 0 Å². The van der Waals surface area contributed by atoms with Gasteiger partial charge >= 0.3 is 0 Å². The zero-order valence-corrected chi connectivity index (χ0v) is 14.9. The maximum absolute atomic E-state index is 12.3. The Kier molecular flexibility index (Phi) is 5.34. The molecule has 0 heterocycles. The molecule has 130 valence electrons. The molecule has 0 unspecified atom stereocenters. The van der Waals surface area contributed by atoms with Crippen LogP contribution in [-0.4, -0.2) is 11.8 Å². The van der Waals surface area contributed by atoms with E-state index in [0.29, 0.717) is 27.5 Å². The van der Waals surface area contributed by atoms with E-state index < -0.39 is 0 Å². The number of anilines is 2. The molecule has 2 N–H and O–H groups in total. The molecule has 0 aliphatic carbocycles. The number of hydrogen-bond acceptors (Lipinski definition) is 2. The van der Waals surface area contributed by atoms with Crippen LogP contribution < -0.4 is 10.6 Å². The van der Waals surface area contributed by atoms with Gasteiger partial charge in [0.05, 0.1) is 0 Å². The van der Waals surface area contributed by atoms with Crippen molar-refractivity contribution in [3.05, 3.63) is 94.5 Å². The van der Waals surface area contributed by atoms with E-state index in [1.54, 1.807) is 54.6 Å². The van der Waals surface area contributed by atoms with Gasteiger partial charge in [-0.05, 0) is 61.0 Å². The molecule has 3 rings (SSSR count). The van der Waals surface area contributed by atoms with E-state index in [1.807, 2.05) is 25.1 Å². The predicted molar refractivity (Wildman–Crippen MR) is 105 cm³/mol. The Hall–Kier alpha value is -3.11. The minimum absolute atomic E-state index is 0.168. The summed E-state index contributed by atoms with van der Waals surface area (Å²) in [4.78, 5) is 24.5. The van der Waals surface area contributed by atoms with Crippen LogP contribution in [0.3, 0.4) is 0 Å². The third-order valence-corrected chi connectivity index (χ3v) is 4.11. The van der Waals surface area contributed by atoms with E-state index in [9.17, 15) is 9.59 Å². The molecule has 5 heteroatoms. The first-order valence-corrected chi connectivity index (χ1v) is 8.45. The summed E-state index contributed by atoms with van der Waals surface area (Å²) in [5.41, 5.74) is 3.30. The first-order valence-electron chi connectivity index (χ1n) is 8.07. The fourth-order valence-corrected chi connectivity index (χ4v) is 2.69. The number of carbonyl (C=O) groups excluding carboxylic acids is 2. The summed E-state index contributed by atoms with van der Waals surface area (Å²) in [5, 5.41) is 6.15. The van der Waals surface area contributed by atoms with Crippen LogP contribution in [0.5, 0.6) is 0 Å². The van der Waals surface area contributed by atoms with Gasteiger partial charge in [0.15, 0.2) is 0 Å². The Morgan fingerprint density at radius 3 is 2.00 bits per heavy atom. The van der Waals surface area contributed by atoms with Crippen molar-refractivity contribution in [2.75, 3.05) is 10.6 Å². The standard InChI is InChI=1S/C21H17ClN2O2/c1-14-5-2-3-8-19(14)21(26)24-18-11-9-17(10-12-18)23-20(25)15-6-4-7-16(22)13-15/h2-13H,1H3,(H,23,25)(H,24,26). The number of carbonyl (C=O) groups is 2. The summed E-state index contributed by atoms with van der Waals surface area (Å²) in [6, 6.07) is 21.1. The van der Waals surface area contributed by atoms with E-state index in [2.05, 4.69) is 10.6 Å². The number of aryl methyl sites for hydroxylation is 1. The van der Waals surface area contributed by atoms with Gasteiger partial charge in [-0.3, -0.25) is 9.59 Å². The van der Waals surface area contributed by atoms with E-state index in [1.165, 1.54) is 0 Å². The lowest BCUT2D eigenvalue weighted by atomic mass is 10.1. The molecule has 3 aromatic carbocycles. The van der Waals surface area contributed by atoms with Crippen molar-refractivity contribution >= 4 is 34.8 Å². The quantitative estimate of drug-likeness (QED) is 0.672. The Morgan fingerprint density at radius 2 is 1.38 bits per heavy atom. The van der Waals surface area contributed by atoms with E-state index >= 15 is 0 Å². The molecule has 0 spiro atoms. The minimum Gasteiger partial charge on any atom is -0.322 e. The number of rotatable bonds is 4. The smallest absolute Gasteiger partial charge is 0.255 e. The molecular weight excluding hydrogens is 348 g/mol. The Bertz CT molecular complexity index is 952. The number of nitrogens with one attached hydrogen (secondary N) is 2. The molecule has 0 aliphatic rings. The number of benzene rings is 3. The van der Waals surface area contributed by atoms with Crippen molar-refractivity contribution in [1.82, 2.24) is 0 Å². The van der Waals surface area contributed by atoms with Crippen molar-refractivity contribution in [3.63, 3.8) is 0 Å². The van der Waals surface area contributed by atoms with Crippen LogP contribution in [0.15, 0.2) is 72.8 Å². The highest BCUT2D eigenvalue weighted by Crippen LogP contribution is 2.17. The summed E-state index contributed by atoms with van der Waals surface area (Å²) in [5.74, 6) is -0.414. The van der Waals surface area contributed by atoms with Crippen molar-refractivity contribution in [2.24, 2.45) is 0 Å². The second-order valence-electron chi connectivity index (χ2n) is 5.81. The van der Waals surface area contributed by atoms with E-state index in [-0.39, 0.29) is 11.8 Å². The second kappa shape index (κ2) is 7.85. The van der Waals surface area contributed by atoms with Gasteiger partial charge in [0, 0.05) is 27.5 Å². The third kappa shape index (κ3) is 4.29. The Balaban J connectivity index is 1.66. The lowest BCUT2D eigenvalue weighted by Gasteiger charge is -2.09. The van der Waals surface area contributed by atoms with E-state index in [0.717, 1.165) is 5.56 Å². The maximum Gasteiger partial charge on any atom is 0.255 e. The lowest BCUT2D eigenvalue weighted by Crippen LogP contribution is -2.14. The summed E-state index contributed by atoms with van der Waals surface area (Å²) < 4.78 is 0. The largest absolute Gasteiger partial charge is 0.322 e. The molecule has 2 amide bonds. The molecule has 4 nitrogen and oxygen atoms in total. The molecule has 0 aromatic heterocycles. The first-order chi connectivity index (χ1) is 12.5. The van der Waals surface area contributed by atoms with Crippen LogP contribution in [0, 0.1) is 6.92 Å². The summed E-state index contributed by atoms with van der Waals surface area (Å²) in [6.07, 6.45) is 0. The summed E-state index contributed by atoms with van der Waals surface area (Å²) in [7, 11) is 0. The normalized spacial score (nSPS) is 10.2. The van der Waals surface area contributed by atoms with Crippen LogP contribution in [0.1, 0.15) is 26.3 Å². The van der Waals surface area contributed by atoms with Crippen molar-refractivity contribution in [3.8, 4) is 0 Å². The second-order valence-corrected chi connectivity index (χ2v) is 6.25.